The molecule has 5 heterocycles. The lowest BCUT2D eigenvalue weighted by atomic mass is 9.91. The molecule has 3 N–H and O–H groups in total. The summed E-state index contributed by atoms with van der Waals surface area (Å²) in [7, 11) is 0. The first kappa shape index (κ1) is 20.9. The molecule has 8 heteroatoms. The number of hydrogen-bond donors (Lipinski definition) is 2. The van der Waals surface area contributed by atoms with Crippen LogP contribution in [0.1, 0.15) is 32.1 Å². The summed E-state index contributed by atoms with van der Waals surface area (Å²) in [6.45, 7) is 1.59. The first-order chi connectivity index (χ1) is 16.1. The van der Waals surface area contributed by atoms with Gasteiger partial charge in [-0.25, -0.2) is 4.98 Å². The van der Waals surface area contributed by atoms with Crippen LogP contribution in [0.4, 0.5) is 11.8 Å². The second-order valence-corrected chi connectivity index (χ2v) is 10.5. The second-order valence-electron chi connectivity index (χ2n) is 9.69. The van der Waals surface area contributed by atoms with Gasteiger partial charge in [0.05, 0.1) is 11.3 Å². The van der Waals surface area contributed by atoms with Crippen LogP contribution in [0.15, 0.2) is 35.7 Å². The number of aromatic nitrogens is 2. The SMILES string of the molecule is NC(=O)C1CCN(c2nc(N3C4CCC3CC(CO)C4)c3c(-c4ccccc4)csc3n2)C1. The van der Waals surface area contributed by atoms with Crippen molar-refractivity contribution in [2.45, 2.75) is 44.2 Å². The average molecular weight is 464 g/mol. The quantitative estimate of drug-likeness (QED) is 0.602. The molecular formula is C25H29N5O2S. The minimum Gasteiger partial charge on any atom is -0.396 e. The summed E-state index contributed by atoms with van der Waals surface area (Å²) in [6, 6.07) is 11.2. The lowest BCUT2D eigenvalue weighted by molar-refractivity contribution is -0.121. The number of carbonyl (C=O) groups is 1. The number of nitrogens with zero attached hydrogens (tertiary/aromatic N) is 4. The number of piperidine rings is 1. The molecule has 2 bridgehead atoms. The highest BCUT2D eigenvalue weighted by Gasteiger charge is 2.42. The van der Waals surface area contributed by atoms with Gasteiger partial charge in [-0.2, -0.15) is 4.98 Å². The fourth-order valence-electron chi connectivity index (χ4n) is 6.03. The number of amides is 1. The molecule has 3 aromatic rings. The molecule has 3 fully saturated rings. The molecule has 7 nitrogen and oxygen atoms in total. The smallest absolute Gasteiger partial charge is 0.228 e. The van der Waals surface area contributed by atoms with E-state index in [9.17, 15) is 9.90 Å². The van der Waals surface area contributed by atoms with Crippen LogP contribution < -0.4 is 15.5 Å². The largest absolute Gasteiger partial charge is 0.396 e. The second kappa shape index (κ2) is 8.25. The number of thiophene rings is 1. The molecule has 3 saturated heterocycles. The number of hydrogen-bond acceptors (Lipinski definition) is 7. The van der Waals surface area contributed by atoms with Gasteiger partial charge in [0, 0.05) is 42.7 Å². The summed E-state index contributed by atoms with van der Waals surface area (Å²) in [6.07, 6.45) is 5.04. The van der Waals surface area contributed by atoms with Crippen molar-refractivity contribution in [1.82, 2.24) is 9.97 Å². The molecule has 2 aromatic heterocycles. The third-order valence-electron chi connectivity index (χ3n) is 7.69. The van der Waals surface area contributed by atoms with Crippen LogP contribution in [-0.2, 0) is 4.79 Å². The molecule has 0 spiro atoms. The van der Waals surface area contributed by atoms with E-state index in [1.807, 2.05) is 6.07 Å². The van der Waals surface area contributed by atoms with Crippen LogP contribution in [0.3, 0.4) is 0 Å². The van der Waals surface area contributed by atoms with Gasteiger partial charge in [-0.3, -0.25) is 4.79 Å². The van der Waals surface area contributed by atoms with Crippen LogP contribution in [0.2, 0.25) is 0 Å². The molecule has 3 unspecified atom stereocenters. The Morgan fingerprint density at radius 2 is 1.88 bits per heavy atom. The zero-order chi connectivity index (χ0) is 22.5. The molecule has 3 aliphatic rings. The molecule has 0 radical (unpaired) electrons. The predicted octanol–water partition coefficient (Wildman–Crippen LogP) is 3.41. The zero-order valence-corrected chi connectivity index (χ0v) is 19.4. The average Bonchev–Trinajstić information content (AvgIpc) is 3.55. The number of nitrogens with two attached hydrogens (primary N) is 1. The third-order valence-corrected chi connectivity index (χ3v) is 8.57. The van der Waals surface area contributed by atoms with Gasteiger partial charge in [-0.05, 0) is 43.6 Å². The first-order valence-corrected chi connectivity index (χ1v) is 12.8. The molecule has 33 heavy (non-hydrogen) atoms. The Morgan fingerprint density at radius 3 is 2.55 bits per heavy atom. The maximum absolute atomic E-state index is 11.7. The number of fused-ring (bicyclic) bond motifs is 3. The third kappa shape index (κ3) is 3.56. The standard InChI is InChI=1S/C25H29N5O2S/c26-22(32)17-8-9-29(12-17)25-27-23(30-18-6-7-19(30)11-15(10-18)13-31)21-20(14-33-24(21)28-25)16-4-2-1-3-5-16/h1-5,14-15,17-19,31H,6-13H2,(H2,26,32). The highest BCUT2D eigenvalue weighted by atomic mass is 32.1. The van der Waals surface area contributed by atoms with Gasteiger partial charge < -0.3 is 20.6 Å². The van der Waals surface area contributed by atoms with Gasteiger partial charge in [-0.1, -0.05) is 30.3 Å². The van der Waals surface area contributed by atoms with Crippen molar-refractivity contribution in [3.63, 3.8) is 0 Å². The van der Waals surface area contributed by atoms with E-state index in [-0.39, 0.29) is 18.4 Å². The first-order valence-electron chi connectivity index (χ1n) is 11.9. The molecule has 1 amide bonds. The van der Waals surface area contributed by atoms with Crippen molar-refractivity contribution in [1.29, 1.82) is 0 Å². The summed E-state index contributed by atoms with van der Waals surface area (Å²) in [4.78, 5) is 27.5. The highest BCUT2D eigenvalue weighted by molar-refractivity contribution is 7.17. The predicted molar refractivity (Wildman–Crippen MR) is 131 cm³/mol. The molecule has 0 saturated carbocycles. The van der Waals surface area contributed by atoms with E-state index in [4.69, 9.17) is 15.7 Å². The van der Waals surface area contributed by atoms with Crippen LogP contribution in [0, 0.1) is 11.8 Å². The van der Waals surface area contributed by atoms with Crippen molar-refractivity contribution in [3.05, 3.63) is 35.7 Å². The maximum atomic E-state index is 11.7. The van der Waals surface area contributed by atoms with Gasteiger partial charge in [0.25, 0.3) is 0 Å². The lowest BCUT2D eigenvalue weighted by Gasteiger charge is -2.40. The van der Waals surface area contributed by atoms with E-state index >= 15 is 0 Å². The van der Waals surface area contributed by atoms with Gasteiger partial charge >= 0.3 is 0 Å². The van der Waals surface area contributed by atoms with Crippen molar-refractivity contribution in [2.75, 3.05) is 29.5 Å². The van der Waals surface area contributed by atoms with Crippen LogP contribution >= 0.6 is 11.3 Å². The lowest BCUT2D eigenvalue weighted by Crippen LogP contribution is -2.44. The Balaban J connectivity index is 1.48. The Morgan fingerprint density at radius 1 is 1.12 bits per heavy atom. The number of carbonyl (C=O) groups excluding carboxylic acids is 1. The van der Waals surface area contributed by atoms with Crippen LogP contribution in [-0.4, -0.2) is 52.8 Å². The molecule has 3 aliphatic heterocycles. The summed E-state index contributed by atoms with van der Waals surface area (Å²) in [5.74, 6) is 1.70. The topological polar surface area (TPSA) is 95.6 Å². The van der Waals surface area contributed by atoms with E-state index in [0.717, 1.165) is 54.7 Å². The zero-order valence-electron chi connectivity index (χ0n) is 18.6. The number of primary amides is 1. The normalized spacial score (nSPS) is 26.9. The minimum atomic E-state index is -0.245. The Hall–Kier alpha value is -2.71. The van der Waals surface area contributed by atoms with E-state index in [2.05, 4.69) is 39.4 Å². The molecule has 6 rings (SSSR count). The van der Waals surface area contributed by atoms with Gasteiger partial charge in [0.2, 0.25) is 11.9 Å². The van der Waals surface area contributed by atoms with Crippen molar-refractivity contribution in [3.8, 4) is 11.1 Å². The molecular weight excluding hydrogens is 434 g/mol. The summed E-state index contributed by atoms with van der Waals surface area (Å²) in [5.41, 5.74) is 7.93. The Labute approximate surface area is 197 Å². The Bertz CT molecular complexity index is 1170. The van der Waals surface area contributed by atoms with E-state index in [1.54, 1.807) is 11.3 Å². The van der Waals surface area contributed by atoms with E-state index < -0.39 is 0 Å². The van der Waals surface area contributed by atoms with E-state index in [0.29, 0.717) is 30.5 Å². The Kier molecular flexibility index (Phi) is 5.22. The maximum Gasteiger partial charge on any atom is 0.228 e. The van der Waals surface area contributed by atoms with E-state index in [1.165, 1.54) is 11.1 Å². The molecule has 3 atom stereocenters. The molecule has 0 aliphatic carbocycles. The fourth-order valence-corrected chi connectivity index (χ4v) is 6.97. The van der Waals surface area contributed by atoms with Crippen molar-refractivity contribution >= 4 is 39.2 Å². The number of aliphatic hydroxyl groups is 1. The fraction of sp³-hybridized carbons (Fsp3) is 0.480. The van der Waals surface area contributed by atoms with Gasteiger partial charge in [-0.15, -0.1) is 11.3 Å². The number of benzene rings is 1. The molecule has 172 valence electrons. The van der Waals surface area contributed by atoms with Gasteiger partial charge in [0.15, 0.2) is 0 Å². The minimum absolute atomic E-state index is 0.146. The summed E-state index contributed by atoms with van der Waals surface area (Å²) in [5, 5.41) is 13.1. The monoisotopic (exact) mass is 463 g/mol. The number of anilines is 2. The molecule has 1 aromatic carbocycles. The van der Waals surface area contributed by atoms with Crippen molar-refractivity contribution < 1.29 is 9.90 Å². The van der Waals surface area contributed by atoms with Crippen LogP contribution in [0.25, 0.3) is 21.3 Å². The van der Waals surface area contributed by atoms with Crippen molar-refractivity contribution in [2.24, 2.45) is 17.6 Å². The van der Waals surface area contributed by atoms with Gasteiger partial charge in [0.1, 0.15) is 10.6 Å². The number of rotatable bonds is 5. The summed E-state index contributed by atoms with van der Waals surface area (Å²) >= 11 is 1.66. The highest BCUT2D eigenvalue weighted by Crippen LogP contribution is 2.46. The van der Waals surface area contributed by atoms with Crippen LogP contribution in [0.5, 0.6) is 0 Å². The summed E-state index contributed by atoms with van der Waals surface area (Å²) < 4.78 is 0. The number of aliphatic hydroxyl groups excluding tert-OH is 1.